The molecule has 0 saturated heterocycles. The fourth-order valence-corrected chi connectivity index (χ4v) is 4.30. The van der Waals surface area contributed by atoms with E-state index >= 15 is 0 Å². The molecule has 34 heavy (non-hydrogen) atoms. The highest BCUT2D eigenvalue weighted by molar-refractivity contribution is 7.89. The van der Waals surface area contributed by atoms with Crippen LogP contribution in [0.25, 0.3) is 0 Å². The van der Waals surface area contributed by atoms with Gasteiger partial charge in [0.05, 0.1) is 38.4 Å². The van der Waals surface area contributed by atoms with Gasteiger partial charge in [0.15, 0.2) is 5.78 Å². The number of hydrogen-bond donors (Lipinski definition) is 1. The summed E-state index contributed by atoms with van der Waals surface area (Å²) in [4.78, 5) is 19.9. The van der Waals surface area contributed by atoms with Crippen molar-refractivity contribution in [3.63, 3.8) is 0 Å². The molecule has 0 aliphatic rings. The first-order valence-electron chi connectivity index (χ1n) is 9.51. The third kappa shape index (κ3) is 6.50. The minimum Gasteiger partial charge on any atom is -0.294 e. The van der Waals surface area contributed by atoms with Crippen LogP contribution in [-0.4, -0.2) is 24.2 Å². The van der Waals surface area contributed by atoms with Crippen LogP contribution in [0.3, 0.4) is 0 Å². The van der Waals surface area contributed by atoms with Crippen molar-refractivity contribution < 1.29 is 30.8 Å². The van der Waals surface area contributed by atoms with Gasteiger partial charge in [-0.05, 0) is 42.8 Å². The lowest BCUT2D eigenvalue weighted by Gasteiger charge is -2.09. The minimum absolute atomic E-state index is 0.0254. The van der Waals surface area contributed by atoms with E-state index in [2.05, 4.69) is 14.7 Å². The number of Topliss-reactive ketones (excluding diaryl/α,β-unsaturated/α-hetero) is 1. The van der Waals surface area contributed by atoms with Crippen LogP contribution in [0.5, 0.6) is 0 Å². The van der Waals surface area contributed by atoms with Crippen LogP contribution >= 0.6 is 23.2 Å². The molecule has 0 aliphatic carbocycles. The lowest BCUT2D eigenvalue weighted by atomic mass is 10.1. The molecule has 0 aliphatic heterocycles. The van der Waals surface area contributed by atoms with Crippen molar-refractivity contribution in [2.45, 2.75) is 30.5 Å². The van der Waals surface area contributed by atoms with Crippen molar-refractivity contribution in [1.82, 2.24) is 14.7 Å². The summed E-state index contributed by atoms with van der Waals surface area (Å²) in [5, 5.41) is -0.525. The van der Waals surface area contributed by atoms with Crippen molar-refractivity contribution in [1.29, 1.82) is 0 Å². The van der Waals surface area contributed by atoms with Crippen molar-refractivity contribution in [2.75, 3.05) is 0 Å². The molecule has 0 spiro atoms. The number of halogens is 6. The molecule has 0 bridgehead atoms. The molecule has 0 saturated carbocycles. The number of sulfonamides is 1. The zero-order chi connectivity index (χ0) is 25.1. The van der Waals surface area contributed by atoms with Gasteiger partial charge in [0, 0.05) is 24.4 Å². The van der Waals surface area contributed by atoms with Crippen molar-refractivity contribution in [2.24, 2.45) is 0 Å². The van der Waals surface area contributed by atoms with Crippen LogP contribution < -0.4 is 4.72 Å². The molecule has 1 N–H and O–H groups in total. The lowest BCUT2D eigenvalue weighted by Crippen LogP contribution is -2.23. The molecule has 0 amide bonds. The van der Waals surface area contributed by atoms with Gasteiger partial charge in [0.25, 0.3) is 0 Å². The largest absolute Gasteiger partial charge is 0.417 e. The van der Waals surface area contributed by atoms with E-state index in [1.807, 2.05) is 0 Å². The molecule has 13 heteroatoms. The Kier molecular flexibility index (Phi) is 7.91. The average Bonchev–Trinajstić information content (AvgIpc) is 2.78. The summed E-state index contributed by atoms with van der Waals surface area (Å²) >= 11 is 11.5. The minimum atomic E-state index is -4.57. The Hall–Kier alpha value is -2.60. The number of carbonyl (C=O) groups is 1. The smallest absolute Gasteiger partial charge is 0.294 e. The van der Waals surface area contributed by atoms with Gasteiger partial charge in [0.2, 0.25) is 10.0 Å². The third-order valence-corrected chi connectivity index (χ3v) is 6.64. The number of alkyl halides is 3. The predicted molar refractivity (Wildman–Crippen MR) is 117 cm³/mol. The number of ketones is 1. The van der Waals surface area contributed by atoms with E-state index < -0.39 is 27.6 Å². The lowest BCUT2D eigenvalue weighted by molar-refractivity contribution is -0.137. The molecule has 3 rings (SSSR count). The number of hydrogen-bond acceptors (Lipinski definition) is 5. The highest BCUT2D eigenvalue weighted by atomic mass is 35.5. The SMILES string of the molecule is O=C(CCc1ncc(C(F)(F)F)cc1Cl)c1ccc(CNS(=O)(=O)c2ccc(F)c(Cl)c2)nc1. The Balaban J connectivity index is 1.59. The van der Waals surface area contributed by atoms with Gasteiger partial charge in [-0.3, -0.25) is 14.8 Å². The first kappa shape index (κ1) is 26.0. The van der Waals surface area contributed by atoms with E-state index in [4.69, 9.17) is 23.2 Å². The molecule has 0 radical (unpaired) electrons. The Labute approximate surface area is 202 Å². The van der Waals surface area contributed by atoms with Gasteiger partial charge in [-0.1, -0.05) is 23.2 Å². The van der Waals surface area contributed by atoms with E-state index in [0.29, 0.717) is 11.9 Å². The number of carbonyl (C=O) groups excluding carboxylic acids is 1. The van der Waals surface area contributed by atoms with E-state index in [-0.39, 0.29) is 51.4 Å². The van der Waals surface area contributed by atoms with Crippen molar-refractivity contribution in [3.05, 3.63) is 87.2 Å². The van der Waals surface area contributed by atoms with E-state index in [9.17, 15) is 30.8 Å². The zero-order valence-corrected chi connectivity index (χ0v) is 19.4. The summed E-state index contributed by atoms with van der Waals surface area (Å²) in [6.07, 6.45) is -2.71. The first-order valence-corrected chi connectivity index (χ1v) is 11.7. The molecule has 2 heterocycles. The molecule has 0 fully saturated rings. The van der Waals surface area contributed by atoms with Crippen LogP contribution in [0, 0.1) is 5.82 Å². The van der Waals surface area contributed by atoms with Gasteiger partial charge >= 0.3 is 6.18 Å². The van der Waals surface area contributed by atoms with Gasteiger partial charge in [-0.2, -0.15) is 13.2 Å². The fraction of sp³-hybridized carbons (Fsp3) is 0.190. The van der Waals surface area contributed by atoms with E-state index in [0.717, 1.165) is 24.3 Å². The van der Waals surface area contributed by atoms with Crippen LogP contribution in [0.2, 0.25) is 10.0 Å². The molecule has 6 nitrogen and oxygen atoms in total. The molecular formula is C21H15Cl2F4N3O3S. The summed E-state index contributed by atoms with van der Waals surface area (Å²) in [5.41, 5.74) is -0.297. The number of aryl methyl sites for hydroxylation is 1. The first-order chi connectivity index (χ1) is 15.9. The second kappa shape index (κ2) is 10.3. The standard InChI is InChI=1S/C21H15Cl2F4N3O3S/c22-16-8-15(3-4-18(16)24)34(32,33)30-11-14-2-1-12(9-28-14)20(31)6-5-19-17(23)7-13(10-29-19)21(25,26)27/h1-4,7-10,30H,5-6,11H2. The predicted octanol–water partition coefficient (Wildman–Crippen LogP) is 5.24. The summed E-state index contributed by atoms with van der Waals surface area (Å²) in [6, 6.07) is 6.61. The van der Waals surface area contributed by atoms with Gasteiger partial charge in [-0.15, -0.1) is 0 Å². The van der Waals surface area contributed by atoms with Crippen LogP contribution in [0.4, 0.5) is 17.6 Å². The van der Waals surface area contributed by atoms with Crippen LogP contribution in [0.1, 0.15) is 33.7 Å². The zero-order valence-electron chi connectivity index (χ0n) is 17.0. The monoisotopic (exact) mass is 535 g/mol. The number of benzene rings is 1. The Morgan fingerprint density at radius 1 is 1.00 bits per heavy atom. The maximum atomic E-state index is 13.2. The number of pyridine rings is 2. The molecular weight excluding hydrogens is 521 g/mol. The number of nitrogens with one attached hydrogen (secondary N) is 1. The topological polar surface area (TPSA) is 89.0 Å². The summed E-state index contributed by atoms with van der Waals surface area (Å²) in [7, 11) is -3.98. The van der Waals surface area contributed by atoms with Crippen molar-refractivity contribution in [3.8, 4) is 0 Å². The number of nitrogens with zero attached hydrogens (tertiary/aromatic N) is 2. The average molecular weight is 536 g/mol. The van der Waals surface area contributed by atoms with Gasteiger partial charge in [-0.25, -0.2) is 17.5 Å². The quantitative estimate of drug-likeness (QED) is 0.315. The van der Waals surface area contributed by atoms with Crippen LogP contribution in [-0.2, 0) is 29.2 Å². The normalized spacial score (nSPS) is 12.1. The molecule has 2 aromatic heterocycles. The highest BCUT2D eigenvalue weighted by Gasteiger charge is 2.31. The summed E-state index contributed by atoms with van der Waals surface area (Å²) < 4.78 is 78.2. The highest BCUT2D eigenvalue weighted by Crippen LogP contribution is 2.31. The van der Waals surface area contributed by atoms with Gasteiger partial charge in [0.1, 0.15) is 5.82 Å². The molecule has 0 unspecified atom stereocenters. The Morgan fingerprint density at radius 3 is 2.32 bits per heavy atom. The van der Waals surface area contributed by atoms with Crippen molar-refractivity contribution >= 4 is 39.0 Å². The molecule has 0 atom stereocenters. The second-order valence-corrected chi connectivity index (χ2v) is 9.59. The molecule has 1 aromatic carbocycles. The summed E-state index contributed by atoms with van der Waals surface area (Å²) in [5.74, 6) is -1.10. The second-order valence-electron chi connectivity index (χ2n) is 7.01. The van der Waals surface area contributed by atoms with Crippen LogP contribution in [0.15, 0.2) is 53.7 Å². The van der Waals surface area contributed by atoms with E-state index in [1.165, 1.54) is 18.3 Å². The maximum absolute atomic E-state index is 13.2. The fourth-order valence-electron chi connectivity index (χ4n) is 2.77. The molecule has 3 aromatic rings. The third-order valence-electron chi connectivity index (χ3n) is 4.62. The number of rotatable bonds is 8. The number of aromatic nitrogens is 2. The van der Waals surface area contributed by atoms with Gasteiger partial charge < -0.3 is 0 Å². The Morgan fingerprint density at radius 2 is 1.74 bits per heavy atom. The Bertz CT molecular complexity index is 1320. The molecule has 180 valence electrons. The van der Waals surface area contributed by atoms with E-state index in [1.54, 1.807) is 0 Å². The maximum Gasteiger partial charge on any atom is 0.417 e. The summed E-state index contributed by atoms with van der Waals surface area (Å²) in [6.45, 7) is -0.198.